The van der Waals surface area contributed by atoms with E-state index in [0.717, 1.165) is 45.1 Å². The van der Waals surface area contributed by atoms with Crippen LogP contribution in [0.1, 0.15) is 98.3 Å². The Kier molecular flexibility index (Phi) is 9.11. The van der Waals surface area contributed by atoms with Gasteiger partial charge in [0.1, 0.15) is 12.1 Å². The number of ether oxygens (including phenoxy) is 3. The van der Waals surface area contributed by atoms with E-state index in [0.29, 0.717) is 29.7 Å². The number of likely N-dealkylation sites (tertiary alicyclic amines) is 1. The van der Waals surface area contributed by atoms with E-state index in [1.54, 1.807) is 13.8 Å². The van der Waals surface area contributed by atoms with Crippen LogP contribution < -0.4 is 17.0 Å². The Morgan fingerprint density at radius 1 is 0.884 bits per heavy atom. The van der Waals surface area contributed by atoms with Crippen molar-refractivity contribution in [3.05, 3.63) is 0 Å². The van der Waals surface area contributed by atoms with Gasteiger partial charge in [0, 0.05) is 63.6 Å². The molecule has 2 heterocycles. The third-order valence-corrected chi connectivity index (χ3v) is 14.2. The van der Waals surface area contributed by atoms with E-state index in [9.17, 15) is 9.59 Å². The lowest BCUT2D eigenvalue weighted by atomic mass is 9.44. The van der Waals surface area contributed by atoms with Gasteiger partial charge >= 0.3 is 11.9 Å². The topological polar surface area (TPSA) is 65.1 Å². The molecule has 8 heteroatoms. The van der Waals surface area contributed by atoms with Crippen LogP contribution in [0.2, 0.25) is 0 Å². The number of rotatable bonds is 6. The summed E-state index contributed by atoms with van der Waals surface area (Å²) in [5.74, 6) is 3.32. The molecule has 0 aromatic heterocycles. The van der Waals surface area contributed by atoms with Crippen molar-refractivity contribution in [2.45, 2.75) is 123 Å². The molecule has 7 nitrogen and oxygen atoms in total. The van der Waals surface area contributed by atoms with Crippen LogP contribution in [0.15, 0.2) is 0 Å². The van der Waals surface area contributed by atoms with E-state index in [1.807, 2.05) is 0 Å². The normalized spacial score (nSPS) is 45.7. The third kappa shape index (κ3) is 5.65. The molecular formula is C35H57BrN2O5. The molecule has 0 spiro atoms. The average molecular weight is 666 g/mol. The molecule has 10 atom stereocenters. The highest BCUT2D eigenvalue weighted by molar-refractivity contribution is 5.66. The molecule has 0 radical (unpaired) electrons. The zero-order chi connectivity index (χ0) is 29.3. The first-order valence-electron chi connectivity index (χ1n) is 17.6. The Balaban J connectivity index is 0.00000329. The minimum absolute atomic E-state index is 0. The quantitative estimate of drug-likeness (QED) is 0.321. The third-order valence-electron chi connectivity index (χ3n) is 14.2. The maximum Gasteiger partial charge on any atom is 0.303 e. The summed E-state index contributed by atoms with van der Waals surface area (Å²) in [6.45, 7) is 15.7. The summed E-state index contributed by atoms with van der Waals surface area (Å²) >= 11 is 0. The van der Waals surface area contributed by atoms with Gasteiger partial charge in [-0.2, -0.15) is 0 Å². The van der Waals surface area contributed by atoms with Crippen molar-refractivity contribution in [2.75, 3.05) is 45.9 Å². The fraction of sp³-hybridized carbons (Fsp3) is 0.943. The lowest BCUT2D eigenvalue weighted by molar-refractivity contribution is -0.944. The molecule has 43 heavy (non-hydrogen) atoms. The predicted molar refractivity (Wildman–Crippen MR) is 160 cm³/mol. The van der Waals surface area contributed by atoms with Crippen LogP contribution in [0, 0.1) is 40.4 Å². The van der Waals surface area contributed by atoms with Gasteiger partial charge in [0.25, 0.3) is 0 Å². The van der Waals surface area contributed by atoms with Crippen LogP contribution in [0.3, 0.4) is 0 Å². The number of morpholine rings is 1. The lowest BCUT2D eigenvalue weighted by Crippen LogP contribution is -3.00. The van der Waals surface area contributed by atoms with Crippen molar-refractivity contribution in [1.29, 1.82) is 0 Å². The summed E-state index contributed by atoms with van der Waals surface area (Å²) in [5.41, 5.74) is 0.337. The molecule has 7 aliphatic rings. The number of carbonyl (C=O) groups excluding carboxylic acids is 2. The van der Waals surface area contributed by atoms with Crippen molar-refractivity contribution >= 4 is 11.9 Å². The Bertz CT molecular complexity index is 1040. The van der Waals surface area contributed by atoms with Crippen LogP contribution in [0.4, 0.5) is 0 Å². The zero-order valence-corrected chi connectivity index (χ0v) is 28.8. The molecule has 0 aromatic carbocycles. The largest absolute Gasteiger partial charge is 1.00 e. The van der Waals surface area contributed by atoms with Crippen LogP contribution >= 0.6 is 0 Å². The van der Waals surface area contributed by atoms with Gasteiger partial charge in [0.15, 0.2) is 6.10 Å². The van der Waals surface area contributed by atoms with Gasteiger partial charge in [0.05, 0.1) is 32.8 Å². The number of quaternary nitrogens is 1. The summed E-state index contributed by atoms with van der Waals surface area (Å²) in [5, 5.41) is 0. The molecule has 7 fully saturated rings. The number of fused-ring (bicyclic) bond motifs is 5. The molecule has 0 bridgehead atoms. The molecule has 0 N–H and O–H groups in total. The van der Waals surface area contributed by atoms with E-state index in [2.05, 4.69) is 18.7 Å². The van der Waals surface area contributed by atoms with Crippen LogP contribution in [-0.4, -0.2) is 91.6 Å². The Morgan fingerprint density at radius 3 is 2.23 bits per heavy atom. The molecule has 2 aliphatic heterocycles. The first-order valence-corrected chi connectivity index (χ1v) is 17.6. The number of esters is 2. The van der Waals surface area contributed by atoms with Crippen molar-refractivity contribution in [2.24, 2.45) is 40.4 Å². The van der Waals surface area contributed by atoms with Gasteiger partial charge in [-0.05, 0) is 80.5 Å². The number of carbonyl (C=O) groups is 2. The summed E-state index contributed by atoms with van der Waals surface area (Å²) in [4.78, 5) is 27.4. The first-order chi connectivity index (χ1) is 20.1. The lowest BCUT2D eigenvalue weighted by Gasteiger charge is -2.62. The van der Waals surface area contributed by atoms with Gasteiger partial charge < -0.3 is 35.7 Å². The van der Waals surface area contributed by atoms with Crippen LogP contribution in [-0.2, 0) is 23.8 Å². The predicted octanol–water partition coefficient (Wildman–Crippen LogP) is 2.21. The highest BCUT2D eigenvalue weighted by atomic mass is 79.9. The monoisotopic (exact) mass is 664 g/mol. The molecule has 244 valence electrons. The molecular weight excluding hydrogens is 608 g/mol. The summed E-state index contributed by atoms with van der Waals surface area (Å²) in [7, 11) is 0. The van der Waals surface area contributed by atoms with E-state index in [1.165, 1.54) is 81.9 Å². The molecule has 7 rings (SSSR count). The molecule has 0 unspecified atom stereocenters. The molecule has 5 aliphatic carbocycles. The smallest absolute Gasteiger partial charge is 0.303 e. The van der Waals surface area contributed by atoms with Gasteiger partial charge in [0.2, 0.25) is 0 Å². The van der Waals surface area contributed by atoms with Crippen molar-refractivity contribution < 1.29 is 45.3 Å². The van der Waals surface area contributed by atoms with Gasteiger partial charge in [-0.15, -0.1) is 0 Å². The zero-order valence-electron chi connectivity index (χ0n) is 27.2. The fourth-order valence-corrected chi connectivity index (χ4v) is 12.2. The number of nitrogens with zero attached hydrogens (tertiary/aromatic N) is 2. The Labute approximate surface area is 270 Å². The summed E-state index contributed by atoms with van der Waals surface area (Å²) in [6, 6.07) is 0.755. The Morgan fingerprint density at radius 2 is 1.58 bits per heavy atom. The highest BCUT2D eigenvalue weighted by Gasteiger charge is 2.68. The second-order valence-electron chi connectivity index (χ2n) is 16.3. The Hall–Kier alpha value is -0.700. The molecule has 5 saturated carbocycles. The van der Waals surface area contributed by atoms with Gasteiger partial charge in [-0.3, -0.25) is 14.5 Å². The molecule has 0 aromatic rings. The van der Waals surface area contributed by atoms with E-state index < -0.39 is 0 Å². The molecule has 0 amide bonds. The molecule has 2 saturated heterocycles. The van der Waals surface area contributed by atoms with Crippen molar-refractivity contribution in [3.63, 3.8) is 0 Å². The van der Waals surface area contributed by atoms with Crippen molar-refractivity contribution in [1.82, 2.24) is 4.90 Å². The minimum atomic E-state index is -0.136. The maximum atomic E-state index is 12.7. The standard InChI is InChI=1S/C35H57N2O5.BrH/c1-23(38)41-32-19-26-9-10-27-28(35(26,4)21-30(32)36-13-17-40-18-14-36)11-12-34(3)29(27)20-31(33(34)42-24(2)39)37(15-5-6-16-37)22-25-7-8-25;/h25-33H,5-22H2,1-4H3;1H/q+1;/p-1/t26-,27+,28-,29-,30-,31-,32-,33-,34-,35-;/m0./s1. The first kappa shape index (κ1) is 32.2. The highest BCUT2D eigenvalue weighted by Crippen LogP contribution is 2.68. The second-order valence-corrected chi connectivity index (χ2v) is 16.3. The van der Waals surface area contributed by atoms with Crippen molar-refractivity contribution in [3.8, 4) is 0 Å². The maximum absolute atomic E-state index is 12.7. The number of halogens is 1. The van der Waals surface area contributed by atoms with Gasteiger partial charge in [-0.25, -0.2) is 0 Å². The van der Waals surface area contributed by atoms with Crippen LogP contribution in [0.5, 0.6) is 0 Å². The van der Waals surface area contributed by atoms with Crippen LogP contribution in [0.25, 0.3) is 0 Å². The van der Waals surface area contributed by atoms with Gasteiger partial charge in [-0.1, -0.05) is 13.8 Å². The van der Waals surface area contributed by atoms with E-state index >= 15 is 0 Å². The number of hydrogen-bond donors (Lipinski definition) is 0. The number of hydrogen-bond acceptors (Lipinski definition) is 6. The summed E-state index contributed by atoms with van der Waals surface area (Å²) in [6.07, 6.45) is 13.8. The SMILES string of the molecule is CC(=O)O[C@H]1C[C@@H]2CC[C@@H]3[C@H](CC[C@@]4(C)[C@H]3C[C@H]([N+]3(CC5CC5)CCCC3)[C@@H]4OC(C)=O)[C@@]2(C)C[C@@H]1N1CCOCC1.[Br-]. The second kappa shape index (κ2) is 12.2. The summed E-state index contributed by atoms with van der Waals surface area (Å²) < 4.78 is 19.5. The van der Waals surface area contributed by atoms with E-state index in [-0.39, 0.29) is 58.0 Å². The minimum Gasteiger partial charge on any atom is -1.00 e. The van der Waals surface area contributed by atoms with E-state index in [4.69, 9.17) is 14.2 Å². The fourth-order valence-electron chi connectivity index (χ4n) is 12.2. The average Bonchev–Trinajstić information content (AvgIpc) is 3.55.